The first kappa shape index (κ1) is 17.4. The average Bonchev–Trinajstić information content (AvgIpc) is 2.60. The molecule has 1 aromatic heterocycles. The van der Waals surface area contributed by atoms with E-state index in [1.807, 2.05) is 31.2 Å². The molecule has 0 aliphatic rings. The summed E-state index contributed by atoms with van der Waals surface area (Å²) in [5, 5.41) is 0. The molecule has 0 bridgehead atoms. The third-order valence-electron chi connectivity index (χ3n) is 3.82. The predicted octanol–water partition coefficient (Wildman–Crippen LogP) is 4.08. The molecule has 3 aromatic rings. The summed E-state index contributed by atoms with van der Waals surface area (Å²) in [5.74, 6) is -0.0977. The molecule has 0 aliphatic carbocycles. The molecule has 1 heterocycles. The minimum absolute atomic E-state index is 0.236. The van der Waals surface area contributed by atoms with Crippen molar-refractivity contribution in [2.24, 2.45) is 0 Å². The summed E-state index contributed by atoms with van der Waals surface area (Å²) in [6, 6.07) is 14.0. The molecule has 0 amide bonds. The molecule has 2 aromatic carbocycles. The van der Waals surface area contributed by atoms with Gasteiger partial charge in [-0.3, -0.25) is 9.36 Å². The van der Waals surface area contributed by atoms with Crippen molar-refractivity contribution in [3.63, 3.8) is 0 Å². The van der Waals surface area contributed by atoms with E-state index in [9.17, 15) is 9.18 Å². The van der Waals surface area contributed by atoms with E-state index in [4.69, 9.17) is 4.74 Å². The normalized spacial score (nSPS) is 10.7. The number of rotatable bonds is 5. The Hall–Kier alpha value is -2.47. The lowest BCUT2D eigenvalue weighted by Gasteiger charge is -2.11. The van der Waals surface area contributed by atoms with Crippen molar-refractivity contribution < 1.29 is 9.13 Å². The molecule has 0 aliphatic heterocycles. The number of benzene rings is 2. The van der Waals surface area contributed by atoms with Gasteiger partial charge >= 0.3 is 0 Å². The van der Waals surface area contributed by atoms with E-state index in [-0.39, 0.29) is 28.3 Å². The Balaban J connectivity index is 1.78. The average molecular weight is 403 g/mol. The van der Waals surface area contributed by atoms with E-state index in [2.05, 4.69) is 20.9 Å². The number of hydrogen-bond donors (Lipinski definition) is 0. The van der Waals surface area contributed by atoms with E-state index in [0.717, 1.165) is 11.1 Å². The first-order valence-electron chi connectivity index (χ1n) is 7.71. The molecular weight excluding hydrogens is 387 g/mol. The molecule has 0 N–H and O–H groups in total. The Bertz CT molecular complexity index is 956. The molecule has 128 valence electrons. The maximum absolute atomic E-state index is 13.3. The first-order valence-corrected chi connectivity index (χ1v) is 8.50. The van der Waals surface area contributed by atoms with Crippen LogP contribution in [0.4, 0.5) is 4.39 Å². The van der Waals surface area contributed by atoms with E-state index in [0.29, 0.717) is 12.2 Å². The second-order valence-corrected chi connectivity index (χ2v) is 6.43. The van der Waals surface area contributed by atoms with Gasteiger partial charge in [0.15, 0.2) is 0 Å². The fraction of sp³-hybridized carbons (Fsp3) is 0.158. The van der Waals surface area contributed by atoms with Crippen LogP contribution in [0.15, 0.2) is 64.1 Å². The van der Waals surface area contributed by atoms with Gasteiger partial charge in [0, 0.05) is 0 Å². The summed E-state index contributed by atoms with van der Waals surface area (Å²) in [6.07, 6.45) is 1.41. The largest absolute Gasteiger partial charge is 0.472 e. The number of aryl methyl sites for hydroxylation is 1. The van der Waals surface area contributed by atoms with Crippen LogP contribution >= 0.6 is 15.9 Å². The quantitative estimate of drug-likeness (QED) is 0.645. The van der Waals surface area contributed by atoms with Gasteiger partial charge in [0.2, 0.25) is 5.88 Å². The van der Waals surface area contributed by atoms with E-state index >= 15 is 0 Å². The van der Waals surface area contributed by atoms with E-state index in [1.54, 1.807) is 12.1 Å². The van der Waals surface area contributed by atoms with Gasteiger partial charge in [-0.1, -0.05) is 36.4 Å². The van der Waals surface area contributed by atoms with Crippen LogP contribution in [-0.4, -0.2) is 9.55 Å². The molecule has 0 saturated heterocycles. The van der Waals surface area contributed by atoms with Gasteiger partial charge in [-0.15, -0.1) is 0 Å². The van der Waals surface area contributed by atoms with Crippen LogP contribution in [0.5, 0.6) is 5.88 Å². The van der Waals surface area contributed by atoms with E-state index < -0.39 is 0 Å². The lowest BCUT2D eigenvalue weighted by atomic mass is 10.1. The van der Waals surface area contributed by atoms with Crippen molar-refractivity contribution >= 4 is 15.9 Å². The fourth-order valence-corrected chi connectivity index (χ4v) is 2.86. The van der Waals surface area contributed by atoms with Crippen molar-refractivity contribution in [3.05, 3.63) is 92.2 Å². The molecule has 0 atom stereocenters. The fourth-order valence-electron chi connectivity index (χ4n) is 2.41. The number of aromatic nitrogens is 2. The van der Waals surface area contributed by atoms with Gasteiger partial charge in [-0.2, -0.15) is 0 Å². The summed E-state index contributed by atoms with van der Waals surface area (Å²) < 4.78 is 20.6. The van der Waals surface area contributed by atoms with Crippen LogP contribution in [0.3, 0.4) is 0 Å². The monoisotopic (exact) mass is 402 g/mol. The second kappa shape index (κ2) is 7.61. The topological polar surface area (TPSA) is 44.1 Å². The summed E-state index contributed by atoms with van der Waals surface area (Å²) in [5.41, 5.74) is 2.54. The van der Waals surface area contributed by atoms with Gasteiger partial charge < -0.3 is 4.74 Å². The van der Waals surface area contributed by atoms with Gasteiger partial charge in [-0.05, 0) is 51.7 Å². The van der Waals surface area contributed by atoms with Gasteiger partial charge in [0.1, 0.15) is 23.2 Å². The molecule has 0 radical (unpaired) electrons. The maximum Gasteiger partial charge on any atom is 0.271 e. The Labute approximate surface area is 153 Å². The third kappa shape index (κ3) is 4.14. The van der Waals surface area contributed by atoms with Crippen LogP contribution in [0.1, 0.15) is 16.7 Å². The van der Waals surface area contributed by atoms with Crippen molar-refractivity contribution in [2.45, 2.75) is 20.1 Å². The van der Waals surface area contributed by atoms with Crippen molar-refractivity contribution in [1.82, 2.24) is 9.55 Å². The highest BCUT2D eigenvalue weighted by atomic mass is 79.9. The Morgan fingerprint density at radius 1 is 1.20 bits per heavy atom. The van der Waals surface area contributed by atoms with Crippen LogP contribution < -0.4 is 10.3 Å². The van der Waals surface area contributed by atoms with Crippen molar-refractivity contribution in [3.8, 4) is 5.88 Å². The van der Waals surface area contributed by atoms with E-state index in [1.165, 1.54) is 23.0 Å². The standard InChI is InChI=1S/C19H16BrFN2O2/c1-13-5-2-3-7-15(13)11-25-18-17(20)19(24)23(12-22-18)10-14-6-4-8-16(21)9-14/h2-9,12H,10-11H2,1H3. The van der Waals surface area contributed by atoms with Crippen LogP contribution in [-0.2, 0) is 13.2 Å². The van der Waals surface area contributed by atoms with Gasteiger partial charge in [-0.25, -0.2) is 9.37 Å². The zero-order chi connectivity index (χ0) is 17.8. The number of hydrogen-bond acceptors (Lipinski definition) is 3. The number of halogens is 2. The molecule has 0 fully saturated rings. The first-order chi connectivity index (χ1) is 12.0. The molecule has 0 spiro atoms. The third-order valence-corrected chi connectivity index (χ3v) is 4.50. The second-order valence-electron chi connectivity index (χ2n) is 5.64. The zero-order valence-corrected chi connectivity index (χ0v) is 15.2. The van der Waals surface area contributed by atoms with Crippen LogP contribution in [0.2, 0.25) is 0 Å². The molecular formula is C19H16BrFN2O2. The zero-order valence-electron chi connectivity index (χ0n) is 13.6. The highest BCUT2D eigenvalue weighted by molar-refractivity contribution is 9.10. The summed E-state index contributed by atoms with van der Waals surface area (Å²) in [7, 11) is 0. The minimum Gasteiger partial charge on any atom is -0.472 e. The molecule has 4 nitrogen and oxygen atoms in total. The molecule has 3 rings (SSSR count). The summed E-state index contributed by atoms with van der Waals surface area (Å²) in [4.78, 5) is 16.7. The predicted molar refractivity (Wildman–Crippen MR) is 97.2 cm³/mol. The van der Waals surface area contributed by atoms with Crippen molar-refractivity contribution in [2.75, 3.05) is 0 Å². The van der Waals surface area contributed by atoms with Crippen LogP contribution in [0.25, 0.3) is 0 Å². The highest BCUT2D eigenvalue weighted by Gasteiger charge is 2.11. The highest BCUT2D eigenvalue weighted by Crippen LogP contribution is 2.19. The Morgan fingerprint density at radius 2 is 2.00 bits per heavy atom. The van der Waals surface area contributed by atoms with Crippen molar-refractivity contribution in [1.29, 1.82) is 0 Å². The molecule has 25 heavy (non-hydrogen) atoms. The lowest BCUT2D eigenvalue weighted by Crippen LogP contribution is -2.22. The molecule has 0 unspecified atom stereocenters. The SMILES string of the molecule is Cc1ccccc1COc1ncn(Cc2cccc(F)c2)c(=O)c1Br. The minimum atomic E-state index is -0.337. The Morgan fingerprint density at radius 3 is 2.76 bits per heavy atom. The van der Waals surface area contributed by atoms with Gasteiger partial charge in [0.05, 0.1) is 6.54 Å². The number of nitrogens with zero attached hydrogens (tertiary/aromatic N) is 2. The number of ether oxygens (including phenoxy) is 1. The maximum atomic E-state index is 13.3. The summed E-state index contributed by atoms with van der Waals surface area (Å²) >= 11 is 3.26. The molecule has 6 heteroatoms. The Kier molecular flexibility index (Phi) is 5.28. The van der Waals surface area contributed by atoms with Gasteiger partial charge in [0.25, 0.3) is 5.56 Å². The lowest BCUT2D eigenvalue weighted by molar-refractivity contribution is 0.288. The molecule has 0 saturated carbocycles. The van der Waals surface area contributed by atoms with Crippen LogP contribution in [0, 0.1) is 12.7 Å². The smallest absolute Gasteiger partial charge is 0.271 e. The summed E-state index contributed by atoms with van der Waals surface area (Å²) in [6.45, 7) is 2.56.